The van der Waals surface area contributed by atoms with Crippen molar-refractivity contribution < 1.29 is 14.9 Å². The van der Waals surface area contributed by atoms with Gasteiger partial charge in [0.15, 0.2) is 17.4 Å². The highest BCUT2D eigenvalue weighted by Gasteiger charge is 2.40. The summed E-state index contributed by atoms with van der Waals surface area (Å²) in [6.45, 7) is -0.342. The molecule has 0 radical (unpaired) electrons. The highest BCUT2D eigenvalue weighted by atomic mass is 16.5. The predicted molar refractivity (Wildman–Crippen MR) is 81.3 cm³/mol. The van der Waals surface area contributed by atoms with Crippen molar-refractivity contribution >= 4 is 17.1 Å². The minimum atomic E-state index is -0.982. The number of nitrogens with one attached hydrogen (secondary N) is 1. The first-order valence-electron chi connectivity index (χ1n) is 6.97. The number of aromatic amines is 1. The lowest BCUT2D eigenvalue weighted by molar-refractivity contribution is -0.0422. The van der Waals surface area contributed by atoms with Crippen molar-refractivity contribution in [1.29, 1.82) is 0 Å². The minimum Gasteiger partial charge on any atom is -0.394 e. The molecule has 0 spiro atoms. The van der Waals surface area contributed by atoms with Gasteiger partial charge in [-0.2, -0.15) is 4.98 Å². The first kappa shape index (κ1) is 15.5. The van der Waals surface area contributed by atoms with E-state index < -0.39 is 24.0 Å². The van der Waals surface area contributed by atoms with Crippen molar-refractivity contribution in [2.45, 2.75) is 18.4 Å². The number of nitrogen functional groups attached to an aromatic ring is 1. The van der Waals surface area contributed by atoms with E-state index in [-0.39, 0.29) is 23.7 Å². The molecule has 23 heavy (non-hydrogen) atoms. The van der Waals surface area contributed by atoms with E-state index in [2.05, 4.69) is 15.0 Å². The first-order chi connectivity index (χ1) is 10.9. The lowest BCUT2D eigenvalue weighted by atomic mass is 10.1. The van der Waals surface area contributed by atoms with E-state index in [1.54, 1.807) is 25.2 Å². The van der Waals surface area contributed by atoms with Crippen LogP contribution in [0, 0.1) is 0 Å². The number of imidazole rings is 1. The van der Waals surface area contributed by atoms with Gasteiger partial charge in [0, 0.05) is 25.9 Å². The molecule has 1 saturated heterocycles. The van der Waals surface area contributed by atoms with Crippen LogP contribution in [0.5, 0.6) is 0 Å². The molecule has 10 heteroatoms. The molecule has 124 valence electrons. The van der Waals surface area contributed by atoms with Crippen LogP contribution in [-0.4, -0.2) is 67.5 Å². The van der Waals surface area contributed by atoms with Crippen LogP contribution in [0.15, 0.2) is 22.9 Å². The number of ether oxygens (including phenoxy) is 1. The zero-order valence-electron chi connectivity index (χ0n) is 12.7. The molecule has 0 amide bonds. The summed E-state index contributed by atoms with van der Waals surface area (Å²) >= 11 is 0. The highest BCUT2D eigenvalue weighted by molar-refractivity contribution is 5.70. The zero-order valence-corrected chi connectivity index (χ0v) is 12.7. The molecule has 3 heterocycles. The third-order valence-electron chi connectivity index (χ3n) is 3.57. The number of aliphatic hydroxyl groups excluding tert-OH is 2. The molecule has 3 rings (SSSR count). The van der Waals surface area contributed by atoms with Gasteiger partial charge in [0.1, 0.15) is 12.2 Å². The lowest BCUT2D eigenvalue weighted by Gasteiger charge is -2.16. The maximum Gasteiger partial charge on any atom is 0.280 e. The molecular formula is C13H18N6O4. The number of anilines is 1. The Morgan fingerprint density at radius 1 is 1.57 bits per heavy atom. The Balaban J connectivity index is 2.14. The van der Waals surface area contributed by atoms with Crippen LogP contribution in [-0.2, 0) is 4.74 Å². The van der Waals surface area contributed by atoms with Crippen LogP contribution >= 0.6 is 0 Å². The Bertz CT molecular complexity index is 810. The van der Waals surface area contributed by atoms with Crippen LogP contribution < -0.4 is 11.3 Å². The average Bonchev–Trinajstić information content (AvgIpc) is 3.01. The summed E-state index contributed by atoms with van der Waals surface area (Å²) < 4.78 is 7.21. The number of rotatable bonds is 3. The Morgan fingerprint density at radius 3 is 2.96 bits per heavy atom. The second-order valence-electron chi connectivity index (χ2n) is 5.52. The number of fused-ring (bicyclic) bond motifs is 1. The fourth-order valence-electron chi connectivity index (χ4n) is 2.60. The number of aromatic nitrogens is 4. The summed E-state index contributed by atoms with van der Waals surface area (Å²) in [5, 5.41) is 19.7. The standard InChI is InChI=1S/C13H18N6O4/c1-18(2)3-6-9(21)7(4-20)23-12(6)19-5-15-8-10(19)16-13(14)17-11(8)22/h3,5,7,9,12,20-21H,4H2,1-2H3,(H3,14,16,17,22)/t7-,9+,12-/m1/s1. The van der Waals surface area contributed by atoms with Crippen molar-refractivity contribution in [2.75, 3.05) is 26.4 Å². The largest absolute Gasteiger partial charge is 0.394 e. The van der Waals surface area contributed by atoms with Gasteiger partial charge in [-0.05, 0) is 0 Å². The Morgan fingerprint density at radius 2 is 2.30 bits per heavy atom. The second-order valence-corrected chi connectivity index (χ2v) is 5.52. The molecule has 0 bridgehead atoms. The van der Waals surface area contributed by atoms with Gasteiger partial charge in [0.05, 0.1) is 12.9 Å². The molecule has 1 aliphatic rings. The van der Waals surface area contributed by atoms with Crippen LogP contribution in [0.25, 0.3) is 11.2 Å². The minimum absolute atomic E-state index is 0.0420. The maximum atomic E-state index is 11.9. The molecule has 5 N–H and O–H groups in total. The van der Waals surface area contributed by atoms with Gasteiger partial charge in [-0.3, -0.25) is 14.3 Å². The van der Waals surface area contributed by atoms with Crippen LogP contribution in [0.1, 0.15) is 6.23 Å². The zero-order chi connectivity index (χ0) is 16.7. The fourth-order valence-corrected chi connectivity index (χ4v) is 2.60. The number of nitrogens with two attached hydrogens (primary N) is 1. The summed E-state index contributed by atoms with van der Waals surface area (Å²) in [4.78, 5) is 24.1. The third-order valence-corrected chi connectivity index (χ3v) is 3.57. The van der Waals surface area contributed by atoms with E-state index in [4.69, 9.17) is 10.5 Å². The fraction of sp³-hybridized carbons (Fsp3) is 0.462. The summed E-state index contributed by atoms with van der Waals surface area (Å²) in [5.41, 5.74) is 6.01. The van der Waals surface area contributed by atoms with Gasteiger partial charge in [0.25, 0.3) is 5.56 Å². The van der Waals surface area contributed by atoms with Gasteiger partial charge < -0.3 is 25.6 Å². The quantitative estimate of drug-likeness (QED) is 0.529. The van der Waals surface area contributed by atoms with E-state index in [9.17, 15) is 15.0 Å². The van der Waals surface area contributed by atoms with E-state index >= 15 is 0 Å². The average molecular weight is 322 g/mol. The predicted octanol–water partition coefficient (Wildman–Crippen LogP) is -1.60. The van der Waals surface area contributed by atoms with E-state index in [1.807, 2.05) is 0 Å². The number of aliphatic hydroxyl groups is 2. The highest BCUT2D eigenvalue weighted by Crippen LogP contribution is 2.35. The molecule has 0 aromatic carbocycles. The van der Waals surface area contributed by atoms with Gasteiger partial charge in [-0.15, -0.1) is 0 Å². The summed E-state index contributed by atoms with van der Waals surface area (Å²) in [6, 6.07) is 0. The molecule has 1 fully saturated rings. The SMILES string of the molecule is CN(C)C=C1[C@H](n2cnc3c(=O)[nH]c(N)nc32)O[C@H](CO)[C@H]1O. The third kappa shape index (κ3) is 2.56. The smallest absolute Gasteiger partial charge is 0.280 e. The molecule has 2 aromatic heterocycles. The van der Waals surface area contributed by atoms with E-state index in [0.29, 0.717) is 5.57 Å². The number of hydrogen-bond acceptors (Lipinski definition) is 8. The Kier molecular flexibility index (Phi) is 3.80. The maximum absolute atomic E-state index is 11.9. The van der Waals surface area contributed by atoms with Crippen molar-refractivity contribution in [1.82, 2.24) is 24.4 Å². The van der Waals surface area contributed by atoms with Crippen LogP contribution in [0.4, 0.5) is 5.95 Å². The lowest BCUT2D eigenvalue weighted by Crippen LogP contribution is -2.26. The molecule has 0 unspecified atom stereocenters. The topological polar surface area (TPSA) is 143 Å². The van der Waals surface area contributed by atoms with Gasteiger partial charge in [0.2, 0.25) is 5.95 Å². The van der Waals surface area contributed by atoms with Gasteiger partial charge >= 0.3 is 0 Å². The summed E-state index contributed by atoms with van der Waals surface area (Å²) in [7, 11) is 3.60. The molecule has 3 atom stereocenters. The van der Waals surface area contributed by atoms with Gasteiger partial charge in [-0.25, -0.2) is 4.98 Å². The van der Waals surface area contributed by atoms with E-state index in [1.165, 1.54) is 10.9 Å². The number of hydrogen-bond donors (Lipinski definition) is 4. The molecule has 2 aromatic rings. The molecular weight excluding hydrogens is 304 g/mol. The van der Waals surface area contributed by atoms with Crippen molar-refractivity contribution in [3.63, 3.8) is 0 Å². The monoisotopic (exact) mass is 322 g/mol. The van der Waals surface area contributed by atoms with Crippen LogP contribution in [0.2, 0.25) is 0 Å². The molecule has 10 nitrogen and oxygen atoms in total. The van der Waals surface area contributed by atoms with Crippen LogP contribution in [0.3, 0.4) is 0 Å². The summed E-state index contributed by atoms with van der Waals surface area (Å²) in [5.74, 6) is -0.0420. The molecule has 0 saturated carbocycles. The molecule has 1 aliphatic heterocycles. The summed E-state index contributed by atoms with van der Waals surface area (Å²) in [6.07, 6.45) is 0.593. The van der Waals surface area contributed by atoms with Crippen molar-refractivity contribution in [3.05, 3.63) is 28.5 Å². The number of H-pyrrole nitrogens is 1. The first-order valence-corrected chi connectivity index (χ1v) is 6.97. The van der Waals surface area contributed by atoms with Crippen molar-refractivity contribution in [3.8, 4) is 0 Å². The van der Waals surface area contributed by atoms with E-state index in [0.717, 1.165) is 0 Å². The normalized spacial score (nSPS) is 26.3. The Hall–Kier alpha value is -2.43. The number of nitrogens with zero attached hydrogens (tertiary/aromatic N) is 4. The van der Waals surface area contributed by atoms with Gasteiger partial charge in [-0.1, -0.05) is 0 Å². The Labute approximate surface area is 130 Å². The molecule has 0 aliphatic carbocycles. The van der Waals surface area contributed by atoms with Crippen molar-refractivity contribution in [2.24, 2.45) is 0 Å². The second kappa shape index (κ2) is 5.65.